The van der Waals surface area contributed by atoms with E-state index in [-0.39, 0.29) is 5.97 Å². The van der Waals surface area contributed by atoms with Gasteiger partial charge in [-0.25, -0.2) is 0 Å². The average molecular weight is 473 g/mol. The first kappa shape index (κ1) is 26.2. The number of hydrogen-bond acceptors (Lipinski definition) is 3. The van der Waals surface area contributed by atoms with Crippen molar-refractivity contribution in [2.75, 3.05) is 13.2 Å². The molecule has 34 heavy (non-hydrogen) atoms. The highest BCUT2D eigenvalue weighted by Crippen LogP contribution is 2.67. The molecule has 0 amide bonds. The van der Waals surface area contributed by atoms with Crippen molar-refractivity contribution in [3.63, 3.8) is 0 Å². The monoisotopic (exact) mass is 472 g/mol. The Bertz CT molecular complexity index is 741. The van der Waals surface area contributed by atoms with Crippen molar-refractivity contribution in [3.05, 3.63) is 11.6 Å². The molecule has 3 fully saturated rings. The van der Waals surface area contributed by atoms with Crippen LogP contribution in [-0.2, 0) is 14.3 Å². The molecule has 0 heterocycles. The molecule has 0 N–H and O–H groups in total. The second kappa shape index (κ2) is 10.7. The van der Waals surface area contributed by atoms with E-state index in [9.17, 15) is 4.79 Å². The molecule has 8 unspecified atom stereocenters. The molecule has 0 aliphatic heterocycles. The van der Waals surface area contributed by atoms with E-state index in [4.69, 9.17) is 9.47 Å². The molecule has 4 aliphatic carbocycles. The fourth-order valence-electron chi connectivity index (χ4n) is 9.19. The lowest BCUT2D eigenvalue weighted by molar-refractivity contribution is -0.143. The van der Waals surface area contributed by atoms with E-state index in [0.29, 0.717) is 30.1 Å². The molecule has 3 heteroatoms. The first-order chi connectivity index (χ1) is 16.1. The van der Waals surface area contributed by atoms with Crippen molar-refractivity contribution in [3.8, 4) is 0 Å². The van der Waals surface area contributed by atoms with Crippen LogP contribution >= 0.6 is 0 Å². The highest BCUT2D eigenvalue weighted by molar-refractivity contribution is 5.65. The van der Waals surface area contributed by atoms with Gasteiger partial charge in [0.05, 0.1) is 12.7 Å². The van der Waals surface area contributed by atoms with Gasteiger partial charge in [0.15, 0.2) is 0 Å². The van der Waals surface area contributed by atoms with E-state index in [1.807, 2.05) is 0 Å². The van der Waals surface area contributed by atoms with Crippen LogP contribution in [-0.4, -0.2) is 25.3 Å². The Morgan fingerprint density at radius 1 is 1.03 bits per heavy atom. The van der Waals surface area contributed by atoms with Gasteiger partial charge in [0.1, 0.15) is 6.61 Å². The number of carbonyl (C=O) groups is 1. The molecule has 0 aromatic rings. The zero-order chi connectivity index (χ0) is 24.5. The van der Waals surface area contributed by atoms with E-state index >= 15 is 0 Å². The van der Waals surface area contributed by atoms with E-state index in [1.54, 1.807) is 5.57 Å². The van der Waals surface area contributed by atoms with Gasteiger partial charge in [0, 0.05) is 6.92 Å². The summed E-state index contributed by atoms with van der Waals surface area (Å²) in [6, 6.07) is 0. The fourth-order valence-corrected chi connectivity index (χ4v) is 9.19. The maximum atomic E-state index is 11.0. The molecule has 194 valence electrons. The van der Waals surface area contributed by atoms with Crippen molar-refractivity contribution in [2.45, 2.75) is 118 Å². The first-order valence-electron chi connectivity index (χ1n) is 14.6. The SMILES string of the molecule is CC(=O)OCCOC1CCC2(C)C(=CCC3C2CCC2(C)C(C(C)CCCC(C)C)CCC32)C1. The lowest BCUT2D eigenvalue weighted by Gasteiger charge is -2.58. The Morgan fingerprint density at radius 2 is 1.82 bits per heavy atom. The van der Waals surface area contributed by atoms with Crippen molar-refractivity contribution in [2.24, 2.45) is 46.3 Å². The molecular weight excluding hydrogens is 420 g/mol. The Morgan fingerprint density at radius 3 is 2.56 bits per heavy atom. The lowest BCUT2D eigenvalue weighted by Crippen LogP contribution is -2.51. The molecule has 0 saturated heterocycles. The number of allylic oxidation sites excluding steroid dienone is 1. The third-order valence-electron chi connectivity index (χ3n) is 11.0. The lowest BCUT2D eigenvalue weighted by atomic mass is 9.47. The second-order valence-electron chi connectivity index (χ2n) is 13.4. The highest BCUT2D eigenvalue weighted by atomic mass is 16.6. The van der Waals surface area contributed by atoms with Crippen molar-refractivity contribution >= 4 is 5.97 Å². The number of carbonyl (C=O) groups excluding carboxylic acids is 1. The Balaban J connectivity index is 1.38. The van der Waals surface area contributed by atoms with Crippen LogP contribution in [0.25, 0.3) is 0 Å². The van der Waals surface area contributed by atoms with Crippen molar-refractivity contribution < 1.29 is 14.3 Å². The van der Waals surface area contributed by atoms with Gasteiger partial charge in [0.2, 0.25) is 0 Å². The minimum absolute atomic E-state index is 0.218. The Hall–Kier alpha value is -0.830. The summed E-state index contributed by atoms with van der Waals surface area (Å²) in [5, 5.41) is 0. The Kier molecular flexibility index (Phi) is 8.22. The molecule has 0 aromatic heterocycles. The summed E-state index contributed by atoms with van der Waals surface area (Å²) in [6.07, 6.45) is 17.8. The zero-order valence-corrected chi connectivity index (χ0v) is 23.0. The molecule has 0 aromatic carbocycles. The van der Waals surface area contributed by atoms with Crippen LogP contribution in [0, 0.1) is 46.3 Å². The maximum absolute atomic E-state index is 11.0. The summed E-state index contributed by atoms with van der Waals surface area (Å²) < 4.78 is 11.2. The van der Waals surface area contributed by atoms with Crippen LogP contribution in [0.3, 0.4) is 0 Å². The number of ether oxygens (including phenoxy) is 2. The van der Waals surface area contributed by atoms with Gasteiger partial charge in [0.25, 0.3) is 0 Å². The van der Waals surface area contributed by atoms with E-state index in [0.717, 1.165) is 48.3 Å². The molecule has 0 bridgehead atoms. The van der Waals surface area contributed by atoms with Crippen LogP contribution in [0.5, 0.6) is 0 Å². The summed E-state index contributed by atoms with van der Waals surface area (Å²) in [5.74, 6) is 5.12. The zero-order valence-electron chi connectivity index (χ0n) is 23.0. The molecule has 0 radical (unpaired) electrons. The molecular formula is C31H52O3. The van der Waals surface area contributed by atoms with Gasteiger partial charge in [-0.3, -0.25) is 4.79 Å². The largest absolute Gasteiger partial charge is 0.463 e. The van der Waals surface area contributed by atoms with Gasteiger partial charge in [-0.1, -0.05) is 65.5 Å². The first-order valence-corrected chi connectivity index (χ1v) is 14.6. The summed E-state index contributed by atoms with van der Waals surface area (Å²) in [4.78, 5) is 11.0. The minimum Gasteiger partial charge on any atom is -0.463 e. The smallest absolute Gasteiger partial charge is 0.302 e. The van der Waals surface area contributed by atoms with E-state index in [1.165, 1.54) is 64.7 Å². The summed E-state index contributed by atoms with van der Waals surface area (Å²) in [5.41, 5.74) is 2.62. The van der Waals surface area contributed by atoms with E-state index < -0.39 is 0 Å². The third kappa shape index (κ3) is 5.16. The topological polar surface area (TPSA) is 35.5 Å². The van der Waals surface area contributed by atoms with Crippen LogP contribution in [0.2, 0.25) is 0 Å². The summed E-state index contributed by atoms with van der Waals surface area (Å²) >= 11 is 0. The van der Waals surface area contributed by atoms with E-state index in [2.05, 4.69) is 40.7 Å². The van der Waals surface area contributed by atoms with Crippen molar-refractivity contribution in [1.29, 1.82) is 0 Å². The molecule has 8 atom stereocenters. The maximum Gasteiger partial charge on any atom is 0.302 e. The van der Waals surface area contributed by atoms with Crippen LogP contribution < -0.4 is 0 Å². The third-order valence-corrected chi connectivity index (χ3v) is 11.0. The number of esters is 1. The summed E-state index contributed by atoms with van der Waals surface area (Å²) in [6.45, 7) is 15.0. The van der Waals surface area contributed by atoms with Crippen LogP contribution in [0.1, 0.15) is 112 Å². The minimum atomic E-state index is -0.218. The summed E-state index contributed by atoms with van der Waals surface area (Å²) in [7, 11) is 0. The predicted octanol–water partition coefficient (Wildman–Crippen LogP) is 7.98. The molecule has 3 saturated carbocycles. The molecule has 4 aliphatic rings. The van der Waals surface area contributed by atoms with Gasteiger partial charge in [-0.15, -0.1) is 0 Å². The quantitative estimate of drug-likeness (QED) is 0.194. The van der Waals surface area contributed by atoms with Gasteiger partial charge in [-0.2, -0.15) is 0 Å². The number of hydrogen-bond donors (Lipinski definition) is 0. The van der Waals surface area contributed by atoms with Gasteiger partial charge >= 0.3 is 5.97 Å². The van der Waals surface area contributed by atoms with Gasteiger partial charge in [-0.05, 0) is 97.7 Å². The number of fused-ring (bicyclic) bond motifs is 5. The second-order valence-corrected chi connectivity index (χ2v) is 13.4. The van der Waals surface area contributed by atoms with Crippen molar-refractivity contribution in [1.82, 2.24) is 0 Å². The molecule has 0 spiro atoms. The van der Waals surface area contributed by atoms with Crippen LogP contribution in [0.4, 0.5) is 0 Å². The predicted molar refractivity (Wildman–Crippen MR) is 139 cm³/mol. The fraction of sp³-hybridized carbons (Fsp3) is 0.903. The Labute approximate surface area is 209 Å². The molecule has 3 nitrogen and oxygen atoms in total. The highest BCUT2D eigenvalue weighted by Gasteiger charge is 2.59. The normalized spacial score (nSPS) is 40.2. The average Bonchev–Trinajstić information content (AvgIpc) is 3.13. The number of rotatable bonds is 9. The molecule has 4 rings (SSSR count). The van der Waals surface area contributed by atoms with Crippen LogP contribution in [0.15, 0.2) is 11.6 Å². The standard InChI is InChI=1S/C31H52O3/c1-21(2)8-7-9-22(3)27-12-13-28-26-11-10-24-20-25(34-19-18-33-23(4)32)14-16-30(24,5)29(26)15-17-31(27,28)6/h10,21-22,25-29H,7-9,11-20H2,1-6H3. The van der Waals surface area contributed by atoms with Gasteiger partial charge < -0.3 is 9.47 Å².